The monoisotopic (exact) mass is 174 g/mol. The number of hydrogen-bond donors (Lipinski definition) is 0. The number of benzene rings is 1. The Morgan fingerprint density at radius 3 is 2.85 bits per heavy atom. The van der Waals surface area contributed by atoms with Crippen LogP contribution in [0.15, 0.2) is 24.3 Å². The lowest BCUT2D eigenvalue weighted by Crippen LogP contribution is -2.36. The molecule has 1 radical (unpaired) electrons. The number of anilines is 1. The van der Waals surface area contributed by atoms with Crippen LogP contribution >= 0.6 is 0 Å². The van der Waals surface area contributed by atoms with Gasteiger partial charge in [-0.25, -0.2) is 0 Å². The first-order valence-electron chi connectivity index (χ1n) is 4.78. The maximum Gasteiger partial charge on any atom is 0.0771 e. The number of fused-ring (bicyclic) bond motifs is 2. The molecule has 1 aromatic rings. The number of ether oxygens (including phenoxy) is 1. The van der Waals surface area contributed by atoms with Gasteiger partial charge in [-0.15, -0.1) is 0 Å². The predicted molar refractivity (Wildman–Crippen MR) is 50.8 cm³/mol. The lowest BCUT2D eigenvalue weighted by Gasteiger charge is -2.28. The first-order chi connectivity index (χ1) is 6.43. The Bertz CT molecular complexity index is 298. The Labute approximate surface area is 78.1 Å². The van der Waals surface area contributed by atoms with Crippen LogP contribution in [0.5, 0.6) is 0 Å². The Morgan fingerprint density at radius 2 is 2.23 bits per heavy atom. The molecule has 0 N–H and O–H groups in total. The van der Waals surface area contributed by atoms with Crippen molar-refractivity contribution in [1.82, 2.24) is 0 Å². The van der Waals surface area contributed by atoms with E-state index in [2.05, 4.69) is 23.1 Å². The lowest BCUT2D eigenvalue weighted by molar-refractivity contribution is 0.0991. The number of rotatable bonds is 1. The van der Waals surface area contributed by atoms with Gasteiger partial charge in [0, 0.05) is 12.2 Å². The van der Waals surface area contributed by atoms with Gasteiger partial charge in [0.25, 0.3) is 0 Å². The van der Waals surface area contributed by atoms with Crippen LogP contribution in [0.1, 0.15) is 6.42 Å². The van der Waals surface area contributed by atoms with Gasteiger partial charge in [0.05, 0.1) is 18.8 Å². The van der Waals surface area contributed by atoms with Gasteiger partial charge in [0.15, 0.2) is 0 Å². The molecular formula is C11H12NO. The fourth-order valence-electron chi connectivity index (χ4n) is 2.29. The summed E-state index contributed by atoms with van der Waals surface area (Å²) in [6.45, 7) is 1.97. The van der Waals surface area contributed by atoms with Gasteiger partial charge in [-0.1, -0.05) is 12.1 Å². The minimum Gasteiger partial charge on any atom is -0.374 e. The highest BCUT2D eigenvalue weighted by Crippen LogP contribution is 2.31. The average molecular weight is 174 g/mol. The zero-order chi connectivity index (χ0) is 8.67. The summed E-state index contributed by atoms with van der Waals surface area (Å²) < 4.78 is 5.55. The lowest BCUT2D eigenvalue weighted by atomic mass is 10.2. The van der Waals surface area contributed by atoms with Crippen molar-refractivity contribution in [1.29, 1.82) is 0 Å². The van der Waals surface area contributed by atoms with Crippen molar-refractivity contribution in [2.24, 2.45) is 0 Å². The summed E-state index contributed by atoms with van der Waals surface area (Å²) in [4.78, 5) is 2.45. The highest BCUT2D eigenvalue weighted by molar-refractivity contribution is 5.48. The molecule has 2 unspecified atom stereocenters. The number of hydrogen-bond acceptors (Lipinski definition) is 2. The van der Waals surface area contributed by atoms with E-state index in [0.717, 1.165) is 13.2 Å². The van der Waals surface area contributed by atoms with E-state index in [1.54, 1.807) is 0 Å². The molecule has 2 aliphatic heterocycles. The largest absolute Gasteiger partial charge is 0.374 e. The molecule has 2 atom stereocenters. The Morgan fingerprint density at radius 1 is 1.38 bits per heavy atom. The van der Waals surface area contributed by atoms with E-state index in [-0.39, 0.29) is 0 Å². The smallest absolute Gasteiger partial charge is 0.0771 e. The van der Waals surface area contributed by atoms with Crippen molar-refractivity contribution in [3.05, 3.63) is 30.3 Å². The van der Waals surface area contributed by atoms with Crippen LogP contribution in [-0.4, -0.2) is 25.3 Å². The molecule has 2 nitrogen and oxygen atoms in total. The predicted octanol–water partition coefficient (Wildman–Crippen LogP) is 1.46. The third kappa shape index (κ3) is 1.13. The molecule has 2 aliphatic rings. The van der Waals surface area contributed by atoms with Gasteiger partial charge in [0.1, 0.15) is 0 Å². The topological polar surface area (TPSA) is 12.5 Å². The third-order valence-electron chi connectivity index (χ3n) is 2.93. The maximum absolute atomic E-state index is 5.55. The Kier molecular flexibility index (Phi) is 1.56. The van der Waals surface area contributed by atoms with E-state index >= 15 is 0 Å². The minimum atomic E-state index is 0.481. The summed E-state index contributed by atoms with van der Waals surface area (Å²) in [5.74, 6) is 0. The summed E-state index contributed by atoms with van der Waals surface area (Å²) in [6.07, 6.45) is 1.69. The van der Waals surface area contributed by atoms with Crippen molar-refractivity contribution in [3.63, 3.8) is 0 Å². The zero-order valence-electron chi connectivity index (χ0n) is 7.44. The van der Waals surface area contributed by atoms with Crippen molar-refractivity contribution < 1.29 is 4.74 Å². The zero-order valence-corrected chi connectivity index (χ0v) is 7.44. The molecule has 2 bridgehead atoms. The average Bonchev–Trinajstić information content (AvgIpc) is 2.80. The molecule has 2 heterocycles. The highest BCUT2D eigenvalue weighted by atomic mass is 16.5. The van der Waals surface area contributed by atoms with Crippen LogP contribution in [-0.2, 0) is 4.74 Å². The fourth-order valence-corrected chi connectivity index (χ4v) is 2.29. The van der Waals surface area contributed by atoms with Crippen LogP contribution in [0.2, 0.25) is 0 Å². The SMILES string of the molecule is [c]1ccc(N2CC3CC2CO3)cc1. The van der Waals surface area contributed by atoms with Gasteiger partial charge in [-0.2, -0.15) is 0 Å². The van der Waals surface area contributed by atoms with E-state index < -0.39 is 0 Å². The Balaban J connectivity index is 1.87. The van der Waals surface area contributed by atoms with Crippen LogP contribution in [0.25, 0.3) is 0 Å². The fraction of sp³-hybridized carbons (Fsp3) is 0.455. The van der Waals surface area contributed by atoms with Gasteiger partial charge in [-0.3, -0.25) is 0 Å². The summed E-state index contributed by atoms with van der Waals surface area (Å²) in [5.41, 5.74) is 1.31. The van der Waals surface area contributed by atoms with Gasteiger partial charge < -0.3 is 9.64 Å². The molecule has 2 saturated heterocycles. The van der Waals surface area contributed by atoms with E-state index in [0.29, 0.717) is 12.1 Å². The molecule has 0 aliphatic carbocycles. The summed E-state index contributed by atoms with van der Waals surface area (Å²) in [6, 6.07) is 11.9. The molecule has 1 aromatic carbocycles. The summed E-state index contributed by atoms with van der Waals surface area (Å²) >= 11 is 0. The van der Waals surface area contributed by atoms with E-state index in [9.17, 15) is 0 Å². The first kappa shape index (κ1) is 7.39. The Hall–Kier alpha value is -1.02. The molecule has 67 valence electrons. The molecule has 0 aromatic heterocycles. The molecule has 2 fully saturated rings. The molecule has 2 heteroatoms. The van der Waals surface area contributed by atoms with Crippen LogP contribution in [0.3, 0.4) is 0 Å². The van der Waals surface area contributed by atoms with E-state index in [1.165, 1.54) is 12.1 Å². The van der Waals surface area contributed by atoms with Gasteiger partial charge >= 0.3 is 0 Å². The van der Waals surface area contributed by atoms with Crippen molar-refractivity contribution >= 4 is 5.69 Å². The normalized spacial score (nSPS) is 31.2. The quantitative estimate of drug-likeness (QED) is 0.639. The second-order valence-electron chi connectivity index (χ2n) is 3.76. The molecule has 3 rings (SSSR count). The first-order valence-corrected chi connectivity index (χ1v) is 4.78. The summed E-state index contributed by atoms with van der Waals surface area (Å²) in [5, 5.41) is 0. The molecule has 13 heavy (non-hydrogen) atoms. The van der Waals surface area contributed by atoms with Crippen LogP contribution in [0, 0.1) is 6.07 Å². The van der Waals surface area contributed by atoms with Gasteiger partial charge in [-0.05, 0) is 24.6 Å². The van der Waals surface area contributed by atoms with Crippen molar-refractivity contribution in [2.75, 3.05) is 18.1 Å². The second kappa shape index (κ2) is 2.74. The maximum atomic E-state index is 5.55. The van der Waals surface area contributed by atoms with E-state index in [1.807, 2.05) is 12.1 Å². The minimum absolute atomic E-state index is 0.481. The van der Waals surface area contributed by atoms with Crippen LogP contribution in [0.4, 0.5) is 5.69 Å². The van der Waals surface area contributed by atoms with Gasteiger partial charge in [0.2, 0.25) is 0 Å². The molecule has 0 amide bonds. The van der Waals surface area contributed by atoms with Crippen molar-refractivity contribution in [2.45, 2.75) is 18.6 Å². The van der Waals surface area contributed by atoms with Crippen LogP contribution < -0.4 is 4.90 Å². The number of nitrogens with zero attached hydrogens (tertiary/aromatic N) is 1. The second-order valence-corrected chi connectivity index (χ2v) is 3.76. The molecule has 0 spiro atoms. The standard InChI is InChI=1S/C11H12NO/c1-2-4-9(5-3-1)12-7-11-6-10(12)8-13-11/h2-5,10-11H,6-8H2. The highest BCUT2D eigenvalue weighted by Gasteiger charge is 2.38. The van der Waals surface area contributed by atoms with E-state index in [4.69, 9.17) is 4.74 Å². The third-order valence-corrected chi connectivity index (χ3v) is 2.93. The molecular weight excluding hydrogens is 162 g/mol. The van der Waals surface area contributed by atoms with Crippen molar-refractivity contribution in [3.8, 4) is 0 Å². The number of morpholine rings is 1. The summed E-state index contributed by atoms with van der Waals surface area (Å²) in [7, 11) is 0. The molecule has 0 saturated carbocycles.